The van der Waals surface area contributed by atoms with E-state index in [-0.39, 0.29) is 0 Å². The summed E-state index contributed by atoms with van der Waals surface area (Å²) in [6.45, 7) is 5.92. The van der Waals surface area contributed by atoms with E-state index < -0.39 is 0 Å². The Morgan fingerprint density at radius 2 is 1.93 bits per heavy atom. The van der Waals surface area contributed by atoms with Crippen molar-refractivity contribution >= 4 is 0 Å². The summed E-state index contributed by atoms with van der Waals surface area (Å²) in [5, 5.41) is 0. The molecular formula is C14H20. The van der Waals surface area contributed by atoms with E-state index in [1.165, 1.54) is 36.8 Å². The summed E-state index contributed by atoms with van der Waals surface area (Å²) < 4.78 is 0. The molecule has 0 spiro atoms. The van der Waals surface area contributed by atoms with Gasteiger partial charge in [-0.2, -0.15) is 0 Å². The summed E-state index contributed by atoms with van der Waals surface area (Å²) in [7, 11) is 0. The van der Waals surface area contributed by atoms with E-state index in [1.807, 2.05) is 6.08 Å². The Morgan fingerprint density at radius 1 is 1.14 bits per heavy atom. The van der Waals surface area contributed by atoms with Crippen LogP contribution in [0.5, 0.6) is 0 Å². The number of benzene rings is 1. The first-order valence-electron chi connectivity index (χ1n) is 5.50. The molecule has 0 bridgehead atoms. The molecule has 0 aliphatic carbocycles. The van der Waals surface area contributed by atoms with Crippen LogP contribution < -0.4 is 0 Å². The van der Waals surface area contributed by atoms with Crippen LogP contribution in [0.25, 0.3) is 0 Å². The van der Waals surface area contributed by atoms with Crippen molar-refractivity contribution in [2.24, 2.45) is 0 Å². The van der Waals surface area contributed by atoms with Gasteiger partial charge < -0.3 is 0 Å². The molecule has 0 heterocycles. The van der Waals surface area contributed by atoms with E-state index in [1.54, 1.807) is 0 Å². The van der Waals surface area contributed by atoms with Gasteiger partial charge in [-0.15, -0.1) is 6.58 Å². The number of unbranched alkanes of at least 4 members (excludes halogenated alkanes) is 3. The summed E-state index contributed by atoms with van der Waals surface area (Å²) in [6.07, 6.45) is 8.31. The number of hydrogen-bond donors (Lipinski definition) is 0. The second-order valence-corrected chi connectivity index (χ2v) is 3.81. The molecule has 0 aromatic heterocycles. The third-order valence-corrected chi connectivity index (χ3v) is 2.62. The van der Waals surface area contributed by atoms with Crippen LogP contribution in [-0.4, -0.2) is 0 Å². The normalized spacial score (nSPS) is 10.1. The van der Waals surface area contributed by atoms with Gasteiger partial charge in [0.05, 0.1) is 0 Å². The van der Waals surface area contributed by atoms with E-state index in [0.29, 0.717) is 0 Å². The zero-order valence-corrected chi connectivity index (χ0v) is 9.13. The third kappa shape index (κ3) is 3.78. The van der Waals surface area contributed by atoms with Crippen LogP contribution in [-0.2, 0) is 6.42 Å². The first kappa shape index (κ1) is 11.0. The summed E-state index contributed by atoms with van der Waals surface area (Å²) in [5.41, 5.74) is 2.93. The number of allylic oxidation sites excluding steroid dienone is 1. The maximum absolute atomic E-state index is 3.73. The molecule has 0 fully saturated rings. The fraction of sp³-hybridized carbons (Fsp3) is 0.429. The molecule has 0 unspecified atom stereocenters. The molecule has 0 aliphatic rings. The lowest BCUT2D eigenvalue weighted by atomic mass is 10.0. The van der Waals surface area contributed by atoms with E-state index in [4.69, 9.17) is 0 Å². The van der Waals surface area contributed by atoms with Crippen molar-refractivity contribution in [2.45, 2.75) is 39.0 Å². The van der Waals surface area contributed by atoms with Gasteiger partial charge in [-0.1, -0.05) is 36.8 Å². The van der Waals surface area contributed by atoms with Crippen LogP contribution >= 0.6 is 0 Å². The highest BCUT2D eigenvalue weighted by atomic mass is 14.0. The predicted octanol–water partition coefficient (Wildman–Crippen LogP) is 4.28. The number of aryl methyl sites for hydroxylation is 2. The third-order valence-electron chi connectivity index (χ3n) is 2.62. The van der Waals surface area contributed by atoms with Crippen molar-refractivity contribution in [2.75, 3.05) is 0 Å². The first-order chi connectivity index (χ1) is 6.84. The molecule has 1 rings (SSSR count). The minimum Gasteiger partial charge on any atom is -0.103 e. The number of rotatable bonds is 6. The fourth-order valence-corrected chi connectivity index (χ4v) is 1.67. The molecule has 0 aliphatic heterocycles. The Kier molecular flexibility index (Phi) is 5.06. The van der Waals surface area contributed by atoms with Gasteiger partial charge in [0.1, 0.15) is 0 Å². The van der Waals surface area contributed by atoms with Gasteiger partial charge in [0, 0.05) is 0 Å². The average Bonchev–Trinajstić information content (AvgIpc) is 2.20. The Hall–Kier alpha value is -1.04. The molecule has 0 saturated carbocycles. The summed E-state index contributed by atoms with van der Waals surface area (Å²) in [6, 6.07) is 8.67. The van der Waals surface area contributed by atoms with Crippen LogP contribution in [0.2, 0.25) is 0 Å². The Morgan fingerprint density at radius 3 is 2.64 bits per heavy atom. The quantitative estimate of drug-likeness (QED) is 0.461. The Labute approximate surface area is 87.7 Å². The van der Waals surface area contributed by atoms with Gasteiger partial charge in [0.25, 0.3) is 0 Å². The molecule has 76 valence electrons. The lowest BCUT2D eigenvalue weighted by Gasteiger charge is -2.04. The SMILES string of the molecule is C=CCCCCCc1ccccc1C. The lowest BCUT2D eigenvalue weighted by Crippen LogP contribution is -1.89. The molecule has 0 amide bonds. The van der Waals surface area contributed by atoms with Gasteiger partial charge >= 0.3 is 0 Å². The van der Waals surface area contributed by atoms with E-state index in [9.17, 15) is 0 Å². The van der Waals surface area contributed by atoms with E-state index in [0.717, 1.165) is 6.42 Å². The van der Waals surface area contributed by atoms with Crippen molar-refractivity contribution in [3.05, 3.63) is 48.0 Å². The molecule has 1 aromatic carbocycles. The highest BCUT2D eigenvalue weighted by molar-refractivity contribution is 5.25. The summed E-state index contributed by atoms with van der Waals surface area (Å²) in [5.74, 6) is 0. The molecular weight excluding hydrogens is 168 g/mol. The zero-order valence-electron chi connectivity index (χ0n) is 9.13. The van der Waals surface area contributed by atoms with Crippen molar-refractivity contribution in [3.63, 3.8) is 0 Å². The highest BCUT2D eigenvalue weighted by Crippen LogP contribution is 2.11. The highest BCUT2D eigenvalue weighted by Gasteiger charge is 1.96. The second-order valence-electron chi connectivity index (χ2n) is 3.81. The predicted molar refractivity (Wildman–Crippen MR) is 63.5 cm³/mol. The van der Waals surface area contributed by atoms with E-state index in [2.05, 4.69) is 37.8 Å². The monoisotopic (exact) mass is 188 g/mol. The minimum atomic E-state index is 1.16. The Balaban J connectivity index is 2.24. The zero-order chi connectivity index (χ0) is 10.2. The molecule has 0 saturated heterocycles. The van der Waals surface area contributed by atoms with Crippen LogP contribution in [0.1, 0.15) is 36.8 Å². The maximum atomic E-state index is 3.73. The van der Waals surface area contributed by atoms with Crippen molar-refractivity contribution in [1.29, 1.82) is 0 Å². The van der Waals surface area contributed by atoms with Crippen molar-refractivity contribution < 1.29 is 0 Å². The lowest BCUT2D eigenvalue weighted by molar-refractivity contribution is 0.686. The molecule has 0 radical (unpaired) electrons. The topological polar surface area (TPSA) is 0 Å². The number of hydrogen-bond acceptors (Lipinski definition) is 0. The largest absolute Gasteiger partial charge is 0.103 e. The fourth-order valence-electron chi connectivity index (χ4n) is 1.67. The maximum Gasteiger partial charge on any atom is -0.0276 e. The van der Waals surface area contributed by atoms with Crippen molar-refractivity contribution in [3.8, 4) is 0 Å². The summed E-state index contributed by atoms with van der Waals surface area (Å²) in [4.78, 5) is 0. The average molecular weight is 188 g/mol. The summed E-state index contributed by atoms with van der Waals surface area (Å²) >= 11 is 0. The Bertz CT molecular complexity index is 273. The first-order valence-corrected chi connectivity index (χ1v) is 5.50. The standard InChI is InChI=1S/C14H20/c1-3-4-5-6-7-11-14-12-9-8-10-13(14)2/h3,8-10,12H,1,4-7,11H2,2H3. The van der Waals surface area contributed by atoms with Crippen LogP contribution in [0.3, 0.4) is 0 Å². The molecule has 0 atom stereocenters. The van der Waals surface area contributed by atoms with Crippen LogP contribution in [0.4, 0.5) is 0 Å². The smallest absolute Gasteiger partial charge is 0.0276 e. The molecule has 1 aromatic rings. The van der Waals surface area contributed by atoms with Gasteiger partial charge in [-0.05, 0) is 43.7 Å². The van der Waals surface area contributed by atoms with Gasteiger partial charge in [-0.3, -0.25) is 0 Å². The van der Waals surface area contributed by atoms with E-state index >= 15 is 0 Å². The van der Waals surface area contributed by atoms with Crippen LogP contribution in [0.15, 0.2) is 36.9 Å². The van der Waals surface area contributed by atoms with Crippen molar-refractivity contribution in [1.82, 2.24) is 0 Å². The molecule has 0 N–H and O–H groups in total. The van der Waals surface area contributed by atoms with Gasteiger partial charge in [-0.25, -0.2) is 0 Å². The molecule has 14 heavy (non-hydrogen) atoms. The van der Waals surface area contributed by atoms with Gasteiger partial charge in [0.15, 0.2) is 0 Å². The van der Waals surface area contributed by atoms with Crippen LogP contribution in [0, 0.1) is 6.92 Å². The minimum absolute atomic E-state index is 1.16. The van der Waals surface area contributed by atoms with Gasteiger partial charge in [0.2, 0.25) is 0 Å². The second kappa shape index (κ2) is 6.42. The molecule has 0 nitrogen and oxygen atoms in total. The molecule has 0 heteroatoms.